The third kappa shape index (κ3) is 6.02. The van der Waals surface area contributed by atoms with Crippen molar-refractivity contribution < 1.29 is 9.59 Å². The highest BCUT2D eigenvalue weighted by Crippen LogP contribution is 2.14. The van der Waals surface area contributed by atoms with E-state index in [1.165, 1.54) is 6.42 Å². The van der Waals surface area contributed by atoms with Crippen molar-refractivity contribution in [1.82, 2.24) is 10.6 Å². The van der Waals surface area contributed by atoms with Crippen molar-refractivity contribution >= 4 is 17.5 Å². The van der Waals surface area contributed by atoms with Gasteiger partial charge in [0.15, 0.2) is 0 Å². The van der Waals surface area contributed by atoms with E-state index in [4.69, 9.17) is 0 Å². The van der Waals surface area contributed by atoms with Crippen molar-refractivity contribution in [2.75, 3.05) is 11.9 Å². The van der Waals surface area contributed by atoms with Gasteiger partial charge in [0.1, 0.15) is 0 Å². The van der Waals surface area contributed by atoms with E-state index < -0.39 is 0 Å². The predicted molar refractivity (Wildman–Crippen MR) is 92.5 cm³/mol. The first kappa shape index (κ1) is 17.5. The Morgan fingerprint density at radius 3 is 2.48 bits per heavy atom. The molecule has 0 aromatic heterocycles. The SMILES string of the molecule is CC(C)(C)NC(=O)c1ccc(NC(=O)CCC2CCCN2)cc1. The molecule has 0 aliphatic carbocycles. The third-order valence-electron chi connectivity index (χ3n) is 3.80. The van der Waals surface area contributed by atoms with E-state index in [9.17, 15) is 9.59 Å². The Hall–Kier alpha value is -1.88. The van der Waals surface area contributed by atoms with Crippen LogP contribution < -0.4 is 16.0 Å². The van der Waals surface area contributed by atoms with Gasteiger partial charge in [-0.2, -0.15) is 0 Å². The zero-order chi connectivity index (χ0) is 16.9. The summed E-state index contributed by atoms with van der Waals surface area (Å²) in [7, 11) is 0. The van der Waals surface area contributed by atoms with Gasteiger partial charge in [-0.15, -0.1) is 0 Å². The van der Waals surface area contributed by atoms with Gasteiger partial charge < -0.3 is 16.0 Å². The summed E-state index contributed by atoms with van der Waals surface area (Å²) in [6.45, 7) is 6.89. The number of hydrogen-bond donors (Lipinski definition) is 3. The molecule has 5 heteroatoms. The Kier molecular flexibility index (Phi) is 5.77. The van der Waals surface area contributed by atoms with E-state index >= 15 is 0 Å². The molecular formula is C18H27N3O2. The number of carbonyl (C=O) groups is 2. The van der Waals surface area contributed by atoms with Crippen molar-refractivity contribution in [3.05, 3.63) is 29.8 Å². The number of hydrogen-bond acceptors (Lipinski definition) is 3. The van der Waals surface area contributed by atoms with Crippen molar-refractivity contribution in [2.24, 2.45) is 0 Å². The highest BCUT2D eigenvalue weighted by Gasteiger charge is 2.16. The van der Waals surface area contributed by atoms with Crippen molar-refractivity contribution in [1.29, 1.82) is 0 Å². The molecule has 1 aromatic rings. The molecule has 0 radical (unpaired) electrons. The van der Waals surface area contributed by atoms with Crippen LogP contribution >= 0.6 is 0 Å². The molecule has 1 heterocycles. The molecule has 0 bridgehead atoms. The second-order valence-electron chi connectivity index (χ2n) is 7.16. The summed E-state index contributed by atoms with van der Waals surface area (Å²) in [4.78, 5) is 24.0. The molecule has 1 unspecified atom stereocenters. The second kappa shape index (κ2) is 7.59. The maximum Gasteiger partial charge on any atom is 0.251 e. The van der Waals surface area contributed by atoms with E-state index in [0.29, 0.717) is 18.0 Å². The van der Waals surface area contributed by atoms with Gasteiger partial charge in [-0.1, -0.05) is 0 Å². The lowest BCUT2D eigenvalue weighted by Gasteiger charge is -2.20. The lowest BCUT2D eigenvalue weighted by Crippen LogP contribution is -2.40. The van der Waals surface area contributed by atoms with Gasteiger partial charge in [-0.3, -0.25) is 9.59 Å². The molecule has 2 amide bonds. The standard InChI is InChI=1S/C18H27N3O2/c1-18(2,3)21-17(23)13-6-8-15(9-7-13)20-16(22)11-10-14-5-4-12-19-14/h6-9,14,19H,4-5,10-12H2,1-3H3,(H,20,22)(H,21,23). The molecule has 1 aliphatic heterocycles. The molecule has 0 saturated carbocycles. The van der Waals surface area contributed by atoms with Crippen LogP contribution in [0, 0.1) is 0 Å². The number of benzene rings is 1. The first-order chi connectivity index (χ1) is 10.8. The highest BCUT2D eigenvalue weighted by atomic mass is 16.2. The van der Waals surface area contributed by atoms with Crippen molar-refractivity contribution in [2.45, 2.75) is 58.0 Å². The Balaban J connectivity index is 1.82. The fourth-order valence-corrected chi connectivity index (χ4v) is 2.65. The van der Waals surface area contributed by atoms with Gasteiger partial charge in [0.2, 0.25) is 5.91 Å². The van der Waals surface area contributed by atoms with Crippen LogP contribution in [0.25, 0.3) is 0 Å². The first-order valence-corrected chi connectivity index (χ1v) is 8.29. The number of amides is 2. The molecule has 1 atom stereocenters. The van der Waals surface area contributed by atoms with Gasteiger partial charge in [0, 0.05) is 29.3 Å². The van der Waals surface area contributed by atoms with Crippen LogP contribution in [-0.4, -0.2) is 29.9 Å². The fourth-order valence-electron chi connectivity index (χ4n) is 2.65. The zero-order valence-electron chi connectivity index (χ0n) is 14.2. The monoisotopic (exact) mass is 317 g/mol. The molecule has 0 spiro atoms. The van der Waals surface area contributed by atoms with Gasteiger partial charge in [-0.25, -0.2) is 0 Å². The van der Waals surface area contributed by atoms with Gasteiger partial charge >= 0.3 is 0 Å². The van der Waals surface area contributed by atoms with Crippen molar-refractivity contribution in [3.8, 4) is 0 Å². The Morgan fingerprint density at radius 1 is 1.22 bits per heavy atom. The molecule has 23 heavy (non-hydrogen) atoms. The highest BCUT2D eigenvalue weighted by molar-refractivity contribution is 5.96. The van der Waals surface area contributed by atoms with E-state index in [2.05, 4.69) is 16.0 Å². The number of anilines is 1. The minimum Gasteiger partial charge on any atom is -0.347 e. The summed E-state index contributed by atoms with van der Waals surface area (Å²) in [6, 6.07) is 7.47. The molecule has 1 saturated heterocycles. The van der Waals surface area contributed by atoms with E-state index in [-0.39, 0.29) is 17.4 Å². The molecule has 1 aromatic carbocycles. The Bertz CT molecular complexity index is 540. The van der Waals surface area contributed by atoms with Crippen LogP contribution in [-0.2, 0) is 4.79 Å². The van der Waals surface area contributed by atoms with Gasteiger partial charge in [0.05, 0.1) is 0 Å². The zero-order valence-corrected chi connectivity index (χ0v) is 14.2. The summed E-state index contributed by atoms with van der Waals surface area (Å²) in [5, 5.41) is 9.19. The lowest BCUT2D eigenvalue weighted by molar-refractivity contribution is -0.116. The average molecular weight is 317 g/mol. The topological polar surface area (TPSA) is 70.2 Å². The molecule has 1 aliphatic rings. The maximum absolute atomic E-state index is 12.0. The van der Waals surface area contributed by atoms with E-state index in [1.807, 2.05) is 20.8 Å². The van der Waals surface area contributed by atoms with Crippen LogP contribution in [0.15, 0.2) is 24.3 Å². The summed E-state index contributed by atoms with van der Waals surface area (Å²) in [5.74, 6) is -0.0896. The summed E-state index contributed by atoms with van der Waals surface area (Å²) >= 11 is 0. The first-order valence-electron chi connectivity index (χ1n) is 8.29. The number of rotatable bonds is 5. The smallest absolute Gasteiger partial charge is 0.251 e. The second-order valence-corrected chi connectivity index (χ2v) is 7.16. The van der Waals surface area contributed by atoms with Crippen LogP contribution in [0.2, 0.25) is 0 Å². The van der Waals surface area contributed by atoms with E-state index in [1.54, 1.807) is 24.3 Å². The summed E-state index contributed by atoms with van der Waals surface area (Å²) in [6.07, 6.45) is 3.75. The third-order valence-corrected chi connectivity index (χ3v) is 3.80. The molecule has 3 N–H and O–H groups in total. The number of nitrogens with one attached hydrogen (secondary N) is 3. The molecule has 1 fully saturated rings. The predicted octanol–water partition coefficient (Wildman–Crippen LogP) is 2.69. The van der Waals surface area contributed by atoms with Crippen LogP contribution in [0.3, 0.4) is 0 Å². The van der Waals surface area contributed by atoms with Crippen LogP contribution in [0.1, 0.15) is 56.8 Å². The lowest BCUT2D eigenvalue weighted by atomic mass is 10.1. The summed E-state index contributed by atoms with van der Waals surface area (Å²) in [5.41, 5.74) is 1.05. The van der Waals surface area contributed by atoms with E-state index in [0.717, 1.165) is 25.1 Å². The van der Waals surface area contributed by atoms with Gasteiger partial charge in [-0.05, 0) is 70.8 Å². The van der Waals surface area contributed by atoms with Crippen molar-refractivity contribution in [3.63, 3.8) is 0 Å². The molecule has 5 nitrogen and oxygen atoms in total. The number of carbonyl (C=O) groups excluding carboxylic acids is 2. The quantitative estimate of drug-likeness (QED) is 0.782. The minimum absolute atomic E-state index is 0.0191. The molecular weight excluding hydrogens is 290 g/mol. The largest absolute Gasteiger partial charge is 0.347 e. The van der Waals surface area contributed by atoms with Crippen LogP contribution in [0.5, 0.6) is 0 Å². The van der Waals surface area contributed by atoms with Crippen LogP contribution in [0.4, 0.5) is 5.69 Å². The fraction of sp³-hybridized carbons (Fsp3) is 0.556. The minimum atomic E-state index is -0.266. The Morgan fingerprint density at radius 2 is 1.91 bits per heavy atom. The normalized spacial score (nSPS) is 17.8. The summed E-state index contributed by atoms with van der Waals surface area (Å²) < 4.78 is 0. The Labute approximate surface area is 138 Å². The maximum atomic E-state index is 12.0. The molecule has 126 valence electrons. The molecule has 2 rings (SSSR count). The van der Waals surface area contributed by atoms with Gasteiger partial charge in [0.25, 0.3) is 5.91 Å². The average Bonchev–Trinajstić information content (AvgIpc) is 2.97.